The van der Waals surface area contributed by atoms with Gasteiger partial charge < -0.3 is 19.2 Å². The normalized spacial score (nSPS) is 16.8. The number of carbonyl (C=O) groups is 1. The minimum absolute atomic E-state index is 0.0322. The van der Waals surface area contributed by atoms with E-state index in [2.05, 4.69) is 60.0 Å². The molecular weight excluding hydrogens is 651 g/mol. The molecule has 0 bridgehead atoms. The molecule has 1 unspecified atom stereocenters. The van der Waals surface area contributed by atoms with E-state index in [0.717, 1.165) is 6.07 Å². The first kappa shape index (κ1) is 36.0. The minimum Gasteiger partial charge on any atom is -0.443 e. The number of benzene rings is 2. The number of nitrogens with one attached hydrogen (secondary N) is 1. The lowest BCUT2D eigenvalue weighted by molar-refractivity contribution is -0.274. The van der Waals surface area contributed by atoms with Crippen molar-refractivity contribution in [1.82, 2.24) is 9.97 Å². The predicted molar refractivity (Wildman–Crippen MR) is 178 cm³/mol. The molecule has 1 aliphatic heterocycles. The Balaban J connectivity index is 1.80. The predicted octanol–water partition coefficient (Wildman–Crippen LogP) is 9.35. The molecule has 0 saturated carbocycles. The summed E-state index contributed by atoms with van der Waals surface area (Å²) >= 11 is 6.05. The third-order valence-corrected chi connectivity index (χ3v) is 12.9. The number of fused-ring (bicyclic) bond motifs is 1. The highest BCUT2D eigenvalue weighted by atomic mass is 35.5. The SMILES string of the molecule is CC(C)(C)OC(=O)N1CC(C)(CO[Si](C)(C)C(C)(C)C)c2cc(-c3ccnc(Nc4cc(Cl)ccc4OC(F)(F)F)n3)cc(C#N)c21. The molecular formula is C33H39ClF3N5O4Si. The standard InChI is InChI=1S/C33H39ClF3N5O4Si/c1-30(2,3)46-29(43)42-18-32(7,19-44-47(8,9)31(4,5)6)23-15-20(14-21(17-38)27(23)42)24-12-13-39-28(40-24)41-25-16-22(34)10-11-26(25)45-33(35,36)37/h10-16H,18-19H2,1-9H3,(H,39,40,41). The van der Waals surface area contributed by atoms with Gasteiger partial charge >= 0.3 is 12.5 Å². The summed E-state index contributed by atoms with van der Waals surface area (Å²) in [5.41, 5.74) is 0.706. The Hall–Kier alpha value is -3.86. The van der Waals surface area contributed by atoms with Crippen molar-refractivity contribution >= 4 is 43.3 Å². The molecule has 0 fully saturated rings. The van der Waals surface area contributed by atoms with Crippen molar-refractivity contribution in [1.29, 1.82) is 5.26 Å². The fourth-order valence-electron chi connectivity index (χ4n) is 4.80. The highest BCUT2D eigenvalue weighted by Gasteiger charge is 2.47. The monoisotopic (exact) mass is 689 g/mol. The van der Waals surface area contributed by atoms with Crippen LogP contribution in [-0.2, 0) is 14.6 Å². The number of hydrogen-bond acceptors (Lipinski definition) is 8. The fourth-order valence-corrected chi connectivity index (χ4v) is 6.08. The van der Waals surface area contributed by atoms with E-state index in [1.807, 2.05) is 13.0 Å². The molecule has 3 aromatic rings. The van der Waals surface area contributed by atoms with Gasteiger partial charge in [0.25, 0.3) is 0 Å². The second kappa shape index (κ2) is 12.6. The van der Waals surface area contributed by atoms with Crippen molar-refractivity contribution in [3.63, 3.8) is 0 Å². The van der Waals surface area contributed by atoms with E-state index in [1.54, 1.807) is 32.9 Å². The molecule has 9 nitrogen and oxygen atoms in total. The Labute approximate surface area is 279 Å². The van der Waals surface area contributed by atoms with Gasteiger partial charge in [0.15, 0.2) is 14.1 Å². The zero-order valence-corrected chi connectivity index (χ0v) is 29.6. The number of hydrogen-bond donors (Lipinski definition) is 1. The summed E-state index contributed by atoms with van der Waals surface area (Å²) < 4.78 is 55.7. The van der Waals surface area contributed by atoms with E-state index in [9.17, 15) is 23.2 Å². The number of rotatable bonds is 7. The maximum Gasteiger partial charge on any atom is 0.573 e. The van der Waals surface area contributed by atoms with Gasteiger partial charge in [-0.05, 0) is 80.9 Å². The first-order valence-electron chi connectivity index (χ1n) is 14.9. The summed E-state index contributed by atoms with van der Waals surface area (Å²) in [5, 5.41) is 13.2. The molecule has 252 valence electrons. The summed E-state index contributed by atoms with van der Waals surface area (Å²) in [5.74, 6) is -0.546. The lowest BCUT2D eigenvalue weighted by Gasteiger charge is -2.39. The summed E-state index contributed by atoms with van der Waals surface area (Å²) in [6.45, 7) is 18.6. The zero-order valence-electron chi connectivity index (χ0n) is 27.9. The van der Waals surface area contributed by atoms with E-state index in [4.69, 9.17) is 20.8 Å². The maximum absolute atomic E-state index is 13.5. The molecule has 1 amide bonds. The lowest BCUT2D eigenvalue weighted by Crippen LogP contribution is -2.46. The summed E-state index contributed by atoms with van der Waals surface area (Å²) in [6, 6.07) is 10.9. The molecule has 1 atom stereocenters. The Kier molecular flexibility index (Phi) is 9.67. The van der Waals surface area contributed by atoms with Gasteiger partial charge in [-0.25, -0.2) is 14.8 Å². The molecule has 0 saturated heterocycles. The largest absolute Gasteiger partial charge is 0.573 e. The quantitative estimate of drug-likeness (QED) is 0.245. The van der Waals surface area contributed by atoms with Gasteiger partial charge in [0.05, 0.1) is 22.6 Å². The van der Waals surface area contributed by atoms with Gasteiger partial charge in [0, 0.05) is 35.3 Å². The number of anilines is 3. The molecule has 14 heteroatoms. The van der Waals surface area contributed by atoms with Crippen LogP contribution in [0.1, 0.15) is 59.6 Å². The van der Waals surface area contributed by atoms with Crippen molar-refractivity contribution in [2.24, 2.45) is 0 Å². The van der Waals surface area contributed by atoms with Gasteiger partial charge in [0.1, 0.15) is 11.7 Å². The second-order valence-corrected chi connectivity index (χ2v) is 19.5. The number of nitriles is 1. The number of ether oxygens (including phenoxy) is 2. The Morgan fingerprint density at radius 2 is 1.81 bits per heavy atom. The highest BCUT2D eigenvalue weighted by Crippen LogP contribution is 2.47. The molecule has 1 aromatic heterocycles. The molecule has 0 radical (unpaired) electrons. The smallest absolute Gasteiger partial charge is 0.443 e. The van der Waals surface area contributed by atoms with Gasteiger partial charge in [-0.1, -0.05) is 39.3 Å². The summed E-state index contributed by atoms with van der Waals surface area (Å²) in [6.07, 6.45) is -4.07. The Morgan fingerprint density at radius 1 is 1.13 bits per heavy atom. The number of nitrogens with zero attached hydrogens (tertiary/aromatic N) is 4. The number of aromatic nitrogens is 2. The van der Waals surface area contributed by atoms with Crippen molar-refractivity contribution in [2.45, 2.75) is 84.0 Å². The van der Waals surface area contributed by atoms with E-state index in [1.165, 1.54) is 23.2 Å². The molecule has 2 heterocycles. The molecule has 1 aliphatic rings. The molecule has 4 rings (SSSR count). The van der Waals surface area contributed by atoms with Crippen LogP contribution in [0.2, 0.25) is 23.2 Å². The van der Waals surface area contributed by atoms with Gasteiger partial charge in [-0.2, -0.15) is 5.26 Å². The van der Waals surface area contributed by atoms with E-state index in [-0.39, 0.29) is 40.4 Å². The average Bonchev–Trinajstić information content (AvgIpc) is 3.24. The van der Waals surface area contributed by atoms with Gasteiger partial charge in [0.2, 0.25) is 5.95 Å². The molecule has 1 N–H and O–H groups in total. The van der Waals surface area contributed by atoms with Gasteiger partial charge in [-0.15, -0.1) is 13.2 Å². The van der Waals surface area contributed by atoms with Crippen LogP contribution in [0.3, 0.4) is 0 Å². The number of amides is 1. The summed E-state index contributed by atoms with van der Waals surface area (Å²) in [7, 11) is -2.21. The first-order chi connectivity index (χ1) is 21.5. The first-order valence-corrected chi connectivity index (χ1v) is 18.2. The van der Waals surface area contributed by atoms with E-state index < -0.39 is 37.5 Å². The Morgan fingerprint density at radius 3 is 2.40 bits per heavy atom. The van der Waals surface area contributed by atoms with Crippen molar-refractivity contribution in [3.05, 3.63) is 58.7 Å². The van der Waals surface area contributed by atoms with Crippen molar-refractivity contribution < 1.29 is 31.9 Å². The van der Waals surface area contributed by atoms with Crippen LogP contribution < -0.4 is 15.0 Å². The van der Waals surface area contributed by atoms with E-state index in [0.29, 0.717) is 22.5 Å². The fraction of sp³-hybridized carbons (Fsp3) is 0.455. The number of alkyl halides is 3. The Bertz CT molecular complexity index is 1720. The lowest BCUT2D eigenvalue weighted by atomic mass is 9.83. The topological polar surface area (TPSA) is 110 Å². The minimum atomic E-state index is -4.93. The maximum atomic E-state index is 13.5. The van der Waals surface area contributed by atoms with Crippen LogP contribution in [0.25, 0.3) is 11.3 Å². The second-order valence-electron chi connectivity index (χ2n) is 14.3. The van der Waals surface area contributed by atoms with Crippen LogP contribution in [0, 0.1) is 11.3 Å². The van der Waals surface area contributed by atoms with Crippen molar-refractivity contribution in [3.8, 4) is 23.1 Å². The summed E-state index contributed by atoms with van der Waals surface area (Å²) in [4.78, 5) is 23.7. The van der Waals surface area contributed by atoms with Crippen LogP contribution >= 0.6 is 11.6 Å². The third kappa shape index (κ3) is 8.35. The molecule has 47 heavy (non-hydrogen) atoms. The van der Waals surface area contributed by atoms with Gasteiger partial charge in [-0.3, -0.25) is 4.90 Å². The molecule has 0 spiro atoms. The van der Waals surface area contributed by atoms with Crippen molar-refractivity contribution in [2.75, 3.05) is 23.4 Å². The highest BCUT2D eigenvalue weighted by molar-refractivity contribution is 6.74. The zero-order chi connectivity index (χ0) is 35.2. The average molecular weight is 690 g/mol. The molecule has 0 aliphatic carbocycles. The van der Waals surface area contributed by atoms with Crippen LogP contribution in [0.4, 0.5) is 35.3 Å². The molecule has 2 aromatic carbocycles. The van der Waals surface area contributed by atoms with Crippen LogP contribution in [0.15, 0.2) is 42.6 Å². The van der Waals surface area contributed by atoms with E-state index >= 15 is 0 Å². The van der Waals surface area contributed by atoms with Crippen LogP contribution in [0.5, 0.6) is 5.75 Å². The van der Waals surface area contributed by atoms with Crippen LogP contribution in [-0.4, -0.2) is 49.5 Å². The third-order valence-electron chi connectivity index (χ3n) is 8.19. The number of carbonyl (C=O) groups excluding carboxylic acids is 1. The number of halogens is 4.